The lowest BCUT2D eigenvalue weighted by molar-refractivity contribution is -0.183. The van der Waals surface area contributed by atoms with Gasteiger partial charge in [0.15, 0.2) is 6.29 Å². The van der Waals surface area contributed by atoms with Crippen molar-refractivity contribution in [3.8, 4) is 0 Å². The molecule has 1 aliphatic heterocycles. The number of anilines is 1. The molecule has 1 heterocycles. The summed E-state index contributed by atoms with van der Waals surface area (Å²) < 4.78 is 24.0. The molecule has 0 aliphatic carbocycles. The third-order valence-electron chi connectivity index (χ3n) is 3.55. The smallest absolute Gasteiger partial charge is 0.228 e. The van der Waals surface area contributed by atoms with E-state index in [4.69, 9.17) is 9.47 Å². The minimum absolute atomic E-state index is 0.153. The summed E-state index contributed by atoms with van der Waals surface area (Å²) in [6.07, 6.45) is 0.712. The molecule has 0 unspecified atom stereocenters. The van der Waals surface area contributed by atoms with Crippen LogP contribution in [-0.2, 0) is 20.7 Å². The molecule has 5 heteroatoms. The highest BCUT2D eigenvalue weighted by molar-refractivity contribution is 5.92. The first-order valence-electron chi connectivity index (χ1n) is 7.58. The van der Waals surface area contributed by atoms with E-state index in [1.807, 2.05) is 24.3 Å². The van der Waals surface area contributed by atoms with Gasteiger partial charge in [-0.3, -0.25) is 4.79 Å². The summed E-state index contributed by atoms with van der Waals surface area (Å²) in [5.74, 6) is -0.464. The summed E-state index contributed by atoms with van der Waals surface area (Å²) in [7, 11) is 0. The lowest BCUT2D eigenvalue weighted by Gasteiger charge is -2.23. The Balaban J connectivity index is 1.62. The first kappa shape index (κ1) is 15.6. The first-order valence-corrected chi connectivity index (χ1v) is 7.58. The number of benzene rings is 2. The van der Waals surface area contributed by atoms with Gasteiger partial charge in [0.1, 0.15) is 5.82 Å². The minimum Gasteiger partial charge on any atom is -0.348 e. The fraction of sp³-hybridized carbons (Fsp3) is 0.278. The quantitative estimate of drug-likeness (QED) is 0.940. The molecule has 0 radical (unpaired) electrons. The van der Waals surface area contributed by atoms with E-state index in [0.29, 0.717) is 18.9 Å². The number of rotatable bonds is 4. The molecule has 1 amide bonds. The molecule has 2 aromatic rings. The van der Waals surface area contributed by atoms with Gasteiger partial charge in [-0.2, -0.15) is 0 Å². The fourth-order valence-corrected chi connectivity index (χ4v) is 2.44. The number of ether oxygens (including phenoxy) is 2. The van der Waals surface area contributed by atoms with Crippen LogP contribution in [0.4, 0.5) is 10.1 Å². The average molecular weight is 315 g/mol. The van der Waals surface area contributed by atoms with Gasteiger partial charge in [-0.25, -0.2) is 4.39 Å². The standard InChI is InChI=1S/C18H18FNO3/c19-15-7-5-13(6-8-15)11-17(21)20-16-4-1-3-14(12-16)18-22-9-2-10-23-18/h1,3-8,12,18H,2,9-11H2,(H,20,21). The summed E-state index contributed by atoms with van der Waals surface area (Å²) in [4.78, 5) is 12.1. The zero-order valence-electron chi connectivity index (χ0n) is 12.6. The van der Waals surface area contributed by atoms with Gasteiger partial charge in [0.2, 0.25) is 5.91 Å². The maximum absolute atomic E-state index is 12.9. The van der Waals surface area contributed by atoms with Crippen LogP contribution in [0.1, 0.15) is 23.8 Å². The van der Waals surface area contributed by atoms with Crippen LogP contribution < -0.4 is 5.32 Å². The Hall–Kier alpha value is -2.24. The Kier molecular flexibility index (Phi) is 5.00. The van der Waals surface area contributed by atoms with Crippen LogP contribution in [0.5, 0.6) is 0 Å². The number of carbonyl (C=O) groups is 1. The Morgan fingerprint density at radius 2 is 1.87 bits per heavy atom. The van der Waals surface area contributed by atoms with Crippen LogP contribution in [0.3, 0.4) is 0 Å². The van der Waals surface area contributed by atoms with Crippen molar-refractivity contribution in [1.82, 2.24) is 0 Å². The average Bonchev–Trinajstić information content (AvgIpc) is 2.58. The van der Waals surface area contributed by atoms with Crippen LogP contribution >= 0.6 is 0 Å². The second kappa shape index (κ2) is 7.35. The molecule has 0 spiro atoms. The van der Waals surface area contributed by atoms with E-state index < -0.39 is 0 Å². The molecule has 0 bridgehead atoms. The van der Waals surface area contributed by atoms with Gasteiger partial charge in [-0.05, 0) is 36.2 Å². The molecule has 2 aromatic carbocycles. The first-order chi connectivity index (χ1) is 11.2. The summed E-state index contributed by atoms with van der Waals surface area (Å²) in [5, 5.41) is 2.84. The van der Waals surface area contributed by atoms with Crippen molar-refractivity contribution in [2.45, 2.75) is 19.1 Å². The topological polar surface area (TPSA) is 47.6 Å². The molecule has 3 rings (SSSR count). The van der Waals surface area contributed by atoms with Gasteiger partial charge in [0.05, 0.1) is 19.6 Å². The van der Waals surface area contributed by atoms with Gasteiger partial charge in [-0.1, -0.05) is 24.3 Å². The molecule has 1 fully saturated rings. The lowest BCUT2D eigenvalue weighted by Crippen LogP contribution is -2.18. The summed E-state index contributed by atoms with van der Waals surface area (Å²) >= 11 is 0. The van der Waals surface area contributed by atoms with Gasteiger partial charge in [0.25, 0.3) is 0 Å². The molecule has 0 aromatic heterocycles. The molecule has 1 aliphatic rings. The number of hydrogen-bond acceptors (Lipinski definition) is 3. The third-order valence-corrected chi connectivity index (χ3v) is 3.55. The van der Waals surface area contributed by atoms with Crippen LogP contribution in [0, 0.1) is 5.82 Å². The summed E-state index contributed by atoms with van der Waals surface area (Å²) in [5.41, 5.74) is 2.33. The molecular formula is C18H18FNO3. The van der Waals surface area contributed by atoms with Crippen LogP contribution in [0.15, 0.2) is 48.5 Å². The molecule has 23 heavy (non-hydrogen) atoms. The second-order valence-electron chi connectivity index (χ2n) is 5.40. The SMILES string of the molecule is O=C(Cc1ccc(F)cc1)Nc1cccc(C2OCCCO2)c1. The Labute approximate surface area is 134 Å². The maximum atomic E-state index is 12.9. The third kappa shape index (κ3) is 4.37. The number of carbonyl (C=O) groups excluding carboxylic acids is 1. The van der Waals surface area contributed by atoms with E-state index in [0.717, 1.165) is 17.5 Å². The van der Waals surface area contributed by atoms with E-state index in [9.17, 15) is 9.18 Å². The normalized spacial score (nSPS) is 15.3. The number of nitrogens with one attached hydrogen (secondary N) is 1. The lowest BCUT2D eigenvalue weighted by atomic mass is 10.1. The Bertz CT molecular complexity index is 666. The van der Waals surface area contributed by atoms with E-state index >= 15 is 0 Å². The van der Waals surface area contributed by atoms with Crippen molar-refractivity contribution in [2.75, 3.05) is 18.5 Å². The number of hydrogen-bond donors (Lipinski definition) is 1. The molecule has 4 nitrogen and oxygen atoms in total. The van der Waals surface area contributed by atoms with Crippen molar-refractivity contribution in [2.24, 2.45) is 0 Å². The number of halogens is 1. The van der Waals surface area contributed by atoms with Gasteiger partial charge < -0.3 is 14.8 Å². The van der Waals surface area contributed by atoms with E-state index in [1.54, 1.807) is 12.1 Å². The molecule has 120 valence electrons. The van der Waals surface area contributed by atoms with E-state index in [1.165, 1.54) is 12.1 Å². The predicted molar refractivity (Wildman–Crippen MR) is 84.4 cm³/mol. The molecule has 0 atom stereocenters. The van der Waals surface area contributed by atoms with Gasteiger partial charge >= 0.3 is 0 Å². The summed E-state index contributed by atoms with van der Waals surface area (Å²) in [6.45, 7) is 1.34. The molecule has 1 saturated heterocycles. The zero-order valence-corrected chi connectivity index (χ0v) is 12.6. The van der Waals surface area contributed by atoms with E-state index in [2.05, 4.69) is 5.32 Å². The highest BCUT2D eigenvalue weighted by Gasteiger charge is 2.17. The van der Waals surface area contributed by atoms with Gasteiger partial charge in [-0.15, -0.1) is 0 Å². The monoisotopic (exact) mass is 315 g/mol. The highest BCUT2D eigenvalue weighted by Crippen LogP contribution is 2.25. The maximum Gasteiger partial charge on any atom is 0.228 e. The fourth-order valence-electron chi connectivity index (χ4n) is 2.44. The van der Waals surface area contributed by atoms with Crippen LogP contribution in [0.25, 0.3) is 0 Å². The van der Waals surface area contributed by atoms with Crippen molar-refractivity contribution in [3.05, 3.63) is 65.5 Å². The highest BCUT2D eigenvalue weighted by atomic mass is 19.1. The summed E-state index contributed by atoms with van der Waals surface area (Å²) in [6, 6.07) is 13.3. The Morgan fingerprint density at radius 3 is 2.61 bits per heavy atom. The van der Waals surface area contributed by atoms with E-state index in [-0.39, 0.29) is 24.4 Å². The van der Waals surface area contributed by atoms with Crippen LogP contribution in [0.2, 0.25) is 0 Å². The van der Waals surface area contributed by atoms with Crippen molar-refractivity contribution in [1.29, 1.82) is 0 Å². The zero-order chi connectivity index (χ0) is 16.1. The van der Waals surface area contributed by atoms with Crippen molar-refractivity contribution >= 4 is 11.6 Å². The Morgan fingerprint density at radius 1 is 1.13 bits per heavy atom. The minimum atomic E-state index is -0.377. The van der Waals surface area contributed by atoms with Crippen LogP contribution in [-0.4, -0.2) is 19.1 Å². The number of amides is 1. The van der Waals surface area contributed by atoms with Crippen molar-refractivity contribution < 1.29 is 18.7 Å². The predicted octanol–water partition coefficient (Wildman–Crippen LogP) is 3.44. The van der Waals surface area contributed by atoms with Crippen molar-refractivity contribution in [3.63, 3.8) is 0 Å². The molecule has 0 saturated carbocycles. The largest absolute Gasteiger partial charge is 0.348 e. The second-order valence-corrected chi connectivity index (χ2v) is 5.40. The molecular weight excluding hydrogens is 297 g/mol. The van der Waals surface area contributed by atoms with Gasteiger partial charge in [0, 0.05) is 11.3 Å². The molecule has 1 N–H and O–H groups in total.